The molecule has 0 nitrogen and oxygen atoms in total. The Bertz CT molecular complexity index is 2160. The van der Waals surface area contributed by atoms with Gasteiger partial charge in [0.1, 0.15) is 0 Å². The molecule has 7 aromatic rings. The van der Waals surface area contributed by atoms with E-state index in [1.165, 1.54) is 88.0 Å². The van der Waals surface area contributed by atoms with Gasteiger partial charge in [0, 0.05) is 5.41 Å². The summed E-state index contributed by atoms with van der Waals surface area (Å²) in [7, 11) is 0. The highest BCUT2D eigenvalue weighted by molar-refractivity contribution is 6.21. The molecule has 0 heterocycles. The monoisotopic (exact) mass is 494 g/mol. The zero-order valence-corrected chi connectivity index (χ0v) is 22.0. The summed E-state index contributed by atoms with van der Waals surface area (Å²) in [5.41, 5.74) is 13.5. The van der Waals surface area contributed by atoms with Crippen LogP contribution in [0.5, 0.6) is 0 Å². The lowest BCUT2D eigenvalue weighted by molar-refractivity contribution is 0.645. The highest BCUT2D eigenvalue weighted by Crippen LogP contribution is 2.56. The largest absolute Gasteiger partial charge is 0.0616 e. The lowest BCUT2D eigenvalue weighted by Crippen LogP contribution is -2.23. The molecule has 0 N–H and O–H groups in total. The van der Waals surface area contributed by atoms with Gasteiger partial charge >= 0.3 is 0 Å². The Hall–Kier alpha value is -4.68. The van der Waals surface area contributed by atoms with E-state index in [1.54, 1.807) is 0 Å². The predicted molar refractivity (Wildman–Crippen MR) is 166 cm³/mol. The van der Waals surface area contributed by atoms with Gasteiger partial charge in [0.2, 0.25) is 0 Å². The van der Waals surface area contributed by atoms with Crippen LogP contribution >= 0.6 is 0 Å². The predicted octanol–water partition coefficient (Wildman–Crippen LogP) is 10.8. The second-order valence-corrected chi connectivity index (χ2v) is 11.7. The molecule has 182 valence electrons. The molecule has 0 unspecified atom stereocenters. The summed E-state index contributed by atoms with van der Waals surface area (Å²) in [6, 6.07) is 45.5. The van der Waals surface area contributed by atoms with Gasteiger partial charge in [0.25, 0.3) is 0 Å². The Balaban J connectivity index is 1.33. The molecular weight excluding hydrogens is 468 g/mol. The van der Waals surface area contributed by atoms with Gasteiger partial charge in [-0.2, -0.15) is 0 Å². The van der Waals surface area contributed by atoms with Crippen molar-refractivity contribution in [1.82, 2.24) is 0 Å². The van der Waals surface area contributed by atoms with E-state index in [9.17, 15) is 0 Å². The summed E-state index contributed by atoms with van der Waals surface area (Å²) in [4.78, 5) is 0. The molecule has 9 rings (SSSR count). The molecule has 0 amide bonds. The van der Waals surface area contributed by atoms with Crippen LogP contribution in [0, 0.1) is 0 Å². The molecule has 0 bridgehead atoms. The maximum Gasteiger partial charge on any atom is 0.0159 e. The van der Waals surface area contributed by atoms with E-state index in [4.69, 9.17) is 0 Å². The van der Waals surface area contributed by atoms with Gasteiger partial charge in [-0.25, -0.2) is 0 Å². The van der Waals surface area contributed by atoms with Gasteiger partial charge in [-0.05, 0) is 100 Å². The van der Waals surface area contributed by atoms with Crippen molar-refractivity contribution in [2.75, 3.05) is 0 Å². The first-order valence-corrected chi connectivity index (χ1v) is 13.9. The summed E-state index contributed by atoms with van der Waals surface area (Å²) in [6.07, 6.45) is 0. The third-order valence-corrected chi connectivity index (χ3v) is 9.40. The van der Waals surface area contributed by atoms with E-state index in [1.807, 2.05) is 0 Å². The lowest BCUT2D eigenvalue weighted by atomic mass is 9.67. The molecule has 2 aliphatic carbocycles. The van der Waals surface area contributed by atoms with Crippen molar-refractivity contribution in [1.29, 1.82) is 0 Å². The van der Waals surface area contributed by atoms with Crippen LogP contribution in [0.2, 0.25) is 0 Å². The molecule has 0 saturated carbocycles. The second-order valence-electron chi connectivity index (χ2n) is 11.7. The molecule has 39 heavy (non-hydrogen) atoms. The lowest BCUT2D eigenvalue weighted by Gasteiger charge is -2.36. The van der Waals surface area contributed by atoms with Gasteiger partial charge in [-0.3, -0.25) is 0 Å². The Morgan fingerprint density at radius 3 is 1.74 bits per heavy atom. The Labute approximate surface area is 228 Å². The van der Waals surface area contributed by atoms with E-state index in [-0.39, 0.29) is 5.41 Å². The average molecular weight is 495 g/mol. The van der Waals surface area contributed by atoms with E-state index in [0.29, 0.717) is 0 Å². The van der Waals surface area contributed by atoms with E-state index in [0.717, 1.165) is 0 Å². The van der Waals surface area contributed by atoms with E-state index < -0.39 is 0 Å². The minimum atomic E-state index is -0.114. The van der Waals surface area contributed by atoms with Gasteiger partial charge in [-0.15, -0.1) is 0 Å². The minimum Gasteiger partial charge on any atom is -0.0616 e. The van der Waals surface area contributed by atoms with Crippen molar-refractivity contribution in [3.05, 3.63) is 132 Å². The summed E-state index contributed by atoms with van der Waals surface area (Å²) in [5.74, 6) is 0. The Morgan fingerprint density at radius 1 is 0.385 bits per heavy atom. The number of benzene rings is 7. The maximum absolute atomic E-state index is 2.47. The second kappa shape index (κ2) is 7.24. The van der Waals surface area contributed by atoms with Crippen LogP contribution in [-0.4, -0.2) is 0 Å². The van der Waals surface area contributed by atoms with Crippen LogP contribution in [0.25, 0.3) is 76.8 Å². The van der Waals surface area contributed by atoms with Crippen molar-refractivity contribution < 1.29 is 0 Å². The molecule has 0 fully saturated rings. The number of hydrogen-bond donors (Lipinski definition) is 0. The first-order chi connectivity index (χ1) is 19.1. The van der Waals surface area contributed by atoms with Crippen LogP contribution in [0.3, 0.4) is 0 Å². The highest BCUT2D eigenvalue weighted by atomic mass is 14.4. The third kappa shape index (κ3) is 2.64. The average Bonchev–Trinajstić information content (AvgIpc) is 3.31. The van der Waals surface area contributed by atoms with E-state index in [2.05, 4.69) is 135 Å². The molecule has 0 atom stereocenters. The van der Waals surface area contributed by atoms with Crippen LogP contribution in [-0.2, 0) is 5.41 Å². The van der Waals surface area contributed by atoms with Crippen LogP contribution in [0.4, 0.5) is 0 Å². The molecule has 0 heteroatoms. The summed E-state index contributed by atoms with van der Waals surface area (Å²) in [5, 5.41) is 8.09. The SMILES string of the molecule is CC1(C)c2cc(-c3cc4ccccc4c4ccccc34)ccc2-c2ccc3c4c(ccc1c24)-c1ccccc1-3. The topological polar surface area (TPSA) is 0 Å². The van der Waals surface area contributed by atoms with Gasteiger partial charge < -0.3 is 0 Å². The summed E-state index contributed by atoms with van der Waals surface area (Å²) >= 11 is 0. The van der Waals surface area contributed by atoms with Crippen molar-refractivity contribution in [2.24, 2.45) is 0 Å². The normalized spacial score (nSPS) is 14.1. The molecule has 0 aliphatic heterocycles. The van der Waals surface area contributed by atoms with Crippen LogP contribution in [0.1, 0.15) is 25.0 Å². The fourth-order valence-corrected chi connectivity index (χ4v) is 7.54. The van der Waals surface area contributed by atoms with Gasteiger partial charge in [0.05, 0.1) is 0 Å². The maximum atomic E-state index is 2.47. The zero-order chi connectivity index (χ0) is 25.9. The van der Waals surface area contributed by atoms with Gasteiger partial charge in [-0.1, -0.05) is 123 Å². The molecule has 0 spiro atoms. The zero-order valence-electron chi connectivity index (χ0n) is 22.0. The molecule has 2 aliphatic rings. The minimum absolute atomic E-state index is 0.114. The fourth-order valence-electron chi connectivity index (χ4n) is 7.54. The standard InChI is InChI=1S/C39H26/c1-39(2)35-20-19-32-28-13-7-6-12-27(28)31-17-18-33(38(35)37(31)32)30-16-15-24(22-36(30)39)34-21-23-9-3-4-10-25(23)26-11-5-8-14-29(26)34/h3-22H,1-2H3. The van der Waals surface area contributed by atoms with Gasteiger partial charge in [0.15, 0.2) is 0 Å². The van der Waals surface area contributed by atoms with Crippen molar-refractivity contribution >= 4 is 32.3 Å². The van der Waals surface area contributed by atoms with Crippen LogP contribution < -0.4 is 0 Å². The van der Waals surface area contributed by atoms with Crippen molar-refractivity contribution in [3.8, 4) is 44.5 Å². The third-order valence-electron chi connectivity index (χ3n) is 9.40. The first-order valence-electron chi connectivity index (χ1n) is 13.9. The van der Waals surface area contributed by atoms with Crippen molar-refractivity contribution in [3.63, 3.8) is 0 Å². The first kappa shape index (κ1) is 21.3. The summed E-state index contributed by atoms with van der Waals surface area (Å²) in [6.45, 7) is 4.81. The Kier molecular flexibility index (Phi) is 3.95. The Morgan fingerprint density at radius 2 is 0.974 bits per heavy atom. The number of rotatable bonds is 1. The molecule has 0 radical (unpaired) electrons. The highest BCUT2D eigenvalue weighted by Gasteiger charge is 2.36. The molecule has 0 saturated heterocycles. The number of fused-ring (bicyclic) bond motifs is 8. The van der Waals surface area contributed by atoms with E-state index >= 15 is 0 Å². The van der Waals surface area contributed by atoms with Crippen LogP contribution in [0.15, 0.2) is 121 Å². The molecule has 0 aromatic heterocycles. The molecule has 7 aromatic carbocycles. The molecular formula is C39H26. The fraction of sp³-hybridized carbons (Fsp3) is 0.0769. The quantitative estimate of drug-likeness (QED) is 0.199. The van der Waals surface area contributed by atoms with Crippen molar-refractivity contribution in [2.45, 2.75) is 19.3 Å². The summed E-state index contributed by atoms with van der Waals surface area (Å²) < 4.78 is 0. The number of hydrogen-bond acceptors (Lipinski definition) is 0. The smallest absolute Gasteiger partial charge is 0.0159 e.